The number of halogens is 1. The highest BCUT2D eigenvalue weighted by Crippen LogP contribution is 2.38. The van der Waals surface area contributed by atoms with Crippen LogP contribution in [0.3, 0.4) is 0 Å². The zero-order chi connectivity index (χ0) is 13.6. The molecule has 0 bridgehead atoms. The molecule has 2 aliphatic rings. The largest absolute Gasteiger partial charge is 0.505 e. The summed E-state index contributed by atoms with van der Waals surface area (Å²) in [7, 11) is 0. The number of allylic oxidation sites excluding steroid dienone is 2. The van der Waals surface area contributed by atoms with Gasteiger partial charge in [-0.25, -0.2) is 9.29 Å². The third-order valence-electron chi connectivity index (χ3n) is 3.70. The van der Waals surface area contributed by atoms with Crippen LogP contribution >= 0.6 is 0 Å². The second kappa shape index (κ2) is 4.19. The number of phenols is 1. The lowest BCUT2D eigenvalue weighted by molar-refractivity contribution is -0.122. The topological polar surface area (TPSA) is 57.6 Å². The van der Waals surface area contributed by atoms with E-state index in [-0.39, 0.29) is 29.3 Å². The van der Waals surface area contributed by atoms with Crippen molar-refractivity contribution in [2.45, 2.75) is 12.8 Å². The van der Waals surface area contributed by atoms with E-state index in [1.54, 1.807) is 0 Å². The first kappa shape index (κ1) is 11.9. The molecule has 3 rings (SSSR count). The van der Waals surface area contributed by atoms with Gasteiger partial charge in [-0.05, 0) is 25.0 Å². The average Bonchev–Trinajstić information content (AvgIpc) is 2.66. The molecule has 2 atom stereocenters. The third-order valence-corrected chi connectivity index (χ3v) is 3.70. The SMILES string of the molecule is O=C1[C@H]2CC=CC[C@H]2C(=O)N1c1ccc(O)c(F)c1. The molecule has 1 heterocycles. The van der Waals surface area contributed by atoms with Crippen LogP contribution in [-0.2, 0) is 9.59 Å². The number of hydrogen-bond donors (Lipinski definition) is 1. The predicted molar refractivity (Wildman–Crippen MR) is 65.9 cm³/mol. The molecule has 0 aromatic heterocycles. The number of nitrogens with zero attached hydrogens (tertiary/aromatic N) is 1. The Kier molecular flexibility index (Phi) is 2.62. The summed E-state index contributed by atoms with van der Waals surface area (Å²) in [6, 6.07) is 3.53. The highest BCUT2D eigenvalue weighted by Gasteiger charge is 2.47. The molecule has 0 radical (unpaired) electrons. The van der Waals surface area contributed by atoms with E-state index in [0.29, 0.717) is 12.8 Å². The number of phenolic OH excluding ortho intramolecular Hbond substituents is 1. The second-order valence-corrected chi connectivity index (χ2v) is 4.80. The van der Waals surface area contributed by atoms with E-state index in [2.05, 4.69) is 0 Å². The molecule has 1 aromatic rings. The number of imide groups is 1. The molecule has 1 aliphatic heterocycles. The molecule has 5 heteroatoms. The molecule has 98 valence electrons. The first-order chi connectivity index (χ1) is 9.09. The van der Waals surface area contributed by atoms with Gasteiger partial charge in [0, 0.05) is 6.07 Å². The smallest absolute Gasteiger partial charge is 0.238 e. The van der Waals surface area contributed by atoms with Crippen molar-refractivity contribution in [3.05, 3.63) is 36.2 Å². The molecule has 0 spiro atoms. The van der Waals surface area contributed by atoms with Crippen LogP contribution in [0.4, 0.5) is 10.1 Å². The van der Waals surface area contributed by atoms with Gasteiger partial charge < -0.3 is 5.11 Å². The van der Waals surface area contributed by atoms with Gasteiger partial charge in [0.25, 0.3) is 0 Å². The Balaban J connectivity index is 1.99. The monoisotopic (exact) mass is 261 g/mol. The number of amides is 2. The van der Waals surface area contributed by atoms with Crippen molar-refractivity contribution in [1.82, 2.24) is 0 Å². The molecule has 4 nitrogen and oxygen atoms in total. The van der Waals surface area contributed by atoms with Gasteiger partial charge in [0.2, 0.25) is 11.8 Å². The third kappa shape index (κ3) is 1.73. The summed E-state index contributed by atoms with van der Waals surface area (Å²) in [5, 5.41) is 9.15. The zero-order valence-corrected chi connectivity index (χ0v) is 10.0. The van der Waals surface area contributed by atoms with E-state index < -0.39 is 11.6 Å². The van der Waals surface area contributed by atoms with E-state index in [1.807, 2.05) is 12.2 Å². The van der Waals surface area contributed by atoms with Crippen LogP contribution in [0.5, 0.6) is 5.75 Å². The lowest BCUT2D eigenvalue weighted by Crippen LogP contribution is -2.30. The van der Waals surface area contributed by atoms with E-state index >= 15 is 0 Å². The summed E-state index contributed by atoms with van der Waals surface area (Å²) in [5.41, 5.74) is 0.180. The van der Waals surface area contributed by atoms with Crippen molar-refractivity contribution < 1.29 is 19.1 Å². The van der Waals surface area contributed by atoms with Crippen LogP contribution in [0, 0.1) is 17.7 Å². The molecule has 0 unspecified atom stereocenters. The van der Waals surface area contributed by atoms with Crippen LogP contribution in [0.15, 0.2) is 30.4 Å². The number of fused-ring (bicyclic) bond motifs is 1. The number of hydrogen-bond acceptors (Lipinski definition) is 3. The molecule has 19 heavy (non-hydrogen) atoms. The summed E-state index contributed by atoms with van der Waals surface area (Å²) in [5.74, 6) is -2.59. The minimum atomic E-state index is -0.842. The Morgan fingerprint density at radius 3 is 2.21 bits per heavy atom. The van der Waals surface area contributed by atoms with Crippen molar-refractivity contribution in [2.75, 3.05) is 4.90 Å². The number of rotatable bonds is 1. The van der Waals surface area contributed by atoms with E-state index in [9.17, 15) is 14.0 Å². The van der Waals surface area contributed by atoms with E-state index in [1.165, 1.54) is 6.07 Å². The standard InChI is InChI=1S/C14H12FNO3/c15-11-7-8(5-6-12(11)17)16-13(18)9-3-1-2-4-10(9)14(16)19/h1-2,5-7,9-10,17H,3-4H2/t9-,10+. The quantitative estimate of drug-likeness (QED) is 0.621. The van der Waals surface area contributed by atoms with Crippen molar-refractivity contribution >= 4 is 17.5 Å². The van der Waals surface area contributed by atoms with Gasteiger partial charge in [0.1, 0.15) is 0 Å². The molecule has 1 aliphatic carbocycles. The molecule has 2 amide bonds. The zero-order valence-electron chi connectivity index (χ0n) is 10.0. The highest BCUT2D eigenvalue weighted by molar-refractivity contribution is 6.22. The van der Waals surface area contributed by atoms with E-state index in [0.717, 1.165) is 17.0 Å². The predicted octanol–water partition coefficient (Wildman–Crippen LogP) is 1.99. The summed E-state index contributed by atoms with van der Waals surface area (Å²) in [4.78, 5) is 25.5. The number of carbonyl (C=O) groups excluding carboxylic acids is 2. The maximum absolute atomic E-state index is 13.3. The Hall–Kier alpha value is -2.17. The maximum atomic E-state index is 13.3. The average molecular weight is 261 g/mol. The molecule has 1 N–H and O–H groups in total. The van der Waals surface area contributed by atoms with Crippen molar-refractivity contribution in [1.29, 1.82) is 0 Å². The Morgan fingerprint density at radius 2 is 1.68 bits per heavy atom. The van der Waals surface area contributed by atoms with Crippen LogP contribution in [0.2, 0.25) is 0 Å². The summed E-state index contributed by atoms with van der Waals surface area (Å²) < 4.78 is 13.3. The van der Waals surface area contributed by atoms with Gasteiger partial charge in [0.15, 0.2) is 11.6 Å². The fraction of sp³-hybridized carbons (Fsp3) is 0.286. The molecule has 1 aromatic carbocycles. The Labute approximate surface area is 109 Å². The molecule has 1 saturated heterocycles. The lowest BCUT2D eigenvalue weighted by Gasteiger charge is -2.14. The first-order valence-electron chi connectivity index (χ1n) is 6.11. The lowest BCUT2D eigenvalue weighted by atomic mass is 9.85. The normalized spacial score (nSPS) is 25.8. The van der Waals surface area contributed by atoms with Gasteiger partial charge in [0.05, 0.1) is 17.5 Å². The van der Waals surface area contributed by atoms with Gasteiger partial charge in [-0.1, -0.05) is 12.2 Å². The maximum Gasteiger partial charge on any atom is 0.238 e. The molecular weight excluding hydrogens is 249 g/mol. The summed E-state index contributed by atoms with van der Waals surface area (Å²) in [6.45, 7) is 0. The minimum absolute atomic E-state index is 0.180. The number of benzene rings is 1. The van der Waals surface area contributed by atoms with Crippen LogP contribution in [0.25, 0.3) is 0 Å². The Morgan fingerprint density at radius 1 is 1.11 bits per heavy atom. The summed E-state index contributed by atoms with van der Waals surface area (Å²) >= 11 is 0. The summed E-state index contributed by atoms with van der Waals surface area (Å²) in [6.07, 6.45) is 4.89. The van der Waals surface area contributed by atoms with Crippen LogP contribution < -0.4 is 4.90 Å². The van der Waals surface area contributed by atoms with Gasteiger partial charge >= 0.3 is 0 Å². The van der Waals surface area contributed by atoms with Crippen molar-refractivity contribution in [3.63, 3.8) is 0 Å². The highest BCUT2D eigenvalue weighted by atomic mass is 19.1. The second-order valence-electron chi connectivity index (χ2n) is 4.80. The fourth-order valence-electron chi connectivity index (χ4n) is 2.69. The van der Waals surface area contributed by atoms with Gasteiger partial charge in [-0.3, -0.25) is 9.59 Å². The number of carbonyl (C=O) groups is 2. The van der Waals surface area contributed by atoms with Gasteiger partial charge in [-0.15, -0.1) is 0 Å². The number of anilines is 1. The van der Waals surface area contributed by atoms with Crippen molar-refractivity contribution in [3.8, 4) is 5.75 Å². The number of aromatic hydroxyl groups is 1. The van der Waals surface area contributed by atoms with E-state index in [4.69, 9.17) is 5.11 Å². The van der Waals surface area contributed by atoms with Crippen LogP contribution in [0.1, 0.15) is 12.8 Å². The fourth-order valence-corrected chi connectivity index (χ4v) is 2.69. The first-order valence-corrected chi connectivity index (χ1v) is 6.11. The van der Waals surface area contributed by atoms with Crippen molar-refractivity contribution in [2.24, 2.45) is 11.8 Å². The van der Waals surface area contributed by atoms with Gasteiger partial charge in [-0.2, -0.15) is 0 Å². The molecule has 0 saturated carbocycles. The molecular formula is C14H12FNO3. The Bertz CT molecular complexity index is 570. The minimum Gasteiger partial charge on any atom is -0.505 e. The molecule has 1 fully saturated rings. The van der Waals surface area contributed by atoms with Crippen LogP contribution in [-0.4, -0.2) is 16.9 Å².